The van der Waals surface area contributed by atoms with Crippen LogP contribution in [0.15, 0.2) is 18.2 Å². The van der Waals surface area contributed by atoms with Gasteiger partial charge in [-0.05, 0) is 68.1 Å². The van der Waals surface area contributed by atoms with Gasteiger partial charge in [0.25, 0.3) is 0 Å². The minimum absolute atomic E-state index is 0.0471. The average Bonchev–Trinajstić information content (AvgIpc) is 3.14. The van der Waals surface area contributed by atoms with E-state index in [9.17, 15) is 13.6 Å². The summed E-state index contributed by atoms with van der Waals surface area (Å²) in [5.74, 6) is -0.289. The van der Waals surface area contributed by atoms with E-state index in [1.54, 1.807) is 6.07 Å². The van der Waals surface area contributed by atoms with E-state index in [1.165, 1.54) is 25.0 Å². The van der Waals surface area contributed by atoms with Crippen LogP contribution < -0.4 is 5.32 Å². The number of alkyl halides is 1. The molecule has 0 radical (unpaired) electrons. The van der Waals surface area contributed by atoms with Crippen molar-refractivity contribution in [3.05, 3.63) is 29.0 Å². The van der Waals surface area contributed by atoms with Crippen LogP contribution in [0.4, 0.5) is 14.5 Å². The molecular formula is C22H29ClF2N2O. The summed E-state index contributed by atoms with van der Waals surface area (Å²) in [7, 11) is 0. The Morgan fingerprint density at radius 3 is 2.50 bits per heavy atom. The minimum Gasteiger partial charge on any atom is -0.326 e. The highest BCUT2D eigenvalue weighted by Crippen LogP contribution is 2.46. The maximum atomic E-state index is 14.4. The predicted octanol–water partition coefficient (Wildman–Crippen LogP) is 5.44. The quantitative estimate of drug-likeness (QED) is 0.701. The molecule has 28 heavy (non-hydrogen) atoms. The van der Waals surface area contributed by atoms with Crippen molar-refractivity contribution < 1.29 is 13.6 Å². The van der Waals surface area contributed by atoms with Gasteiger partial charge in [-0.1, -0.05) is 24.4 Å². The van der Waals surface area contributed by atoms with Gasteiger partial charge in [0.15, 0.2) is 0 Å². The third kappa shape index (κ3) is 4.51. The molecule has 3 fully saturated rings. The molecule has 1 heterocycles. The van der Waals surface area contributed by atoms with Gasteiger partial charge in [-0.3, -0.25) is 9.69 Å². The fourth-order valence-corrected chi connectivity index (χ4v) is 5.65. The van der Waals surface area contributed by atoms with E-state index >= 15 is 0 Å². The first-order valence-electron chi connectivity index (χ1n) is 10.6. The Morgan fingerprint density at radius 1 is 1.18 bits per heavy atom. The highest BCUT2D eigenvalue weighted by Gasteiger charge is 2.46. The zero-order valence-corrected chi connectivity index (χ0v) is 17.0. The summed E-state index contributed by atoms with van der Waals surface area (Å²) in [4.78, 5) is 14.8. The molecule has 1 unspecified atom stereocenters. The van der Waals surface area contributed by atoms with Crippen LogP contribution in [0.2, 0.25) is 5.02 Å². The molecule has 0 aromatic heterocycles. The summed E-state index contributed by atoms with van der Waals surface area (Å²) in [6.45, 7) is 2.51. The molecule has 1 amide bonds. The summed E-state index contributed by atoms with van der Waals surface area (Å²) >= 11 is 5.85. The SMILES string of the molecule is O=C(Nc1cc(F)cc(Cl)c1)C1CCC2(CC1)CN(CC(F)C1CCCC1)C2. The summed E-state index contributed by atoms with van der Waals surface area (Å²) < 4.78 is 27.9. The molecule has 1 N–H and O–H groups in total. The Labute approximate surface area is 170 Å². The number of nitrogens with one attached hydrogen (secondary N) is 1. The number of benzene rings is 1. The molecule has 2 aliphatic carbocycles. The predicted molar refractivity (Wildman–Crippen MR) is 108 cm³/mol. The lowest BCUT2D eigenvalue weighted by atomic mass is 9.65. The number of carbonyl (C=O) groups excluding carboxylic acids is 1. The van der Waals surface area contributed by atoms with E-state index in [1.807, 2.05) is 0 Å². The zero-order chi connectivity index (χ0) is 19.7. The van der Waals surface area contributed by atoms with E-state index in [-0.39, 0.29) is 28.2 Å². The number of rotatable bonds is 5. The average molecular weight is 411 g/mol. The summed E-state index contributed by atoms with van der Waals surface area (Å²) in [5, 5.41) is 3.07. The third-order valence-corrected chi connectivity index (χ3v) is 7.23. The van der Waals surface area contributed by atoms with Gasteiger partial charge >= 0.3 is 0 Å². The van der Waals surface area contributed by atoms with Gasteiger partial charge in [0, 0.05) is 36.3 Å². The molecule has 154 valence electrons. The number of carbonyl (C=O) groups is 1. The van der Waals surface area contributed by atoms with Crippen LogP contribution in [0.1, 0.15) is 51.4 Å². The van der Waals surface area contributed by atoms with Crippen molar-refractivity contribution in [3.63, 3.8) is 0 Å². The zero-order valence-electron chi connectivity index (χ0n) is 16.2. The second-order valence-corrected chi connectivity index (χ2v) is 9.59. The van der Waals surface area contributed by atoms with E-state index in [0.29, 0.717) is 12.2 Å². The maximum absolute atomic E-state index is 14.4. The second-order valence-electron chi connectivity index (χ2n) is 9.15. The Bertz CT molecular complexity index is 686. The van der Waals surface area contributed by atoms with Crippen molar-refractivity contribution >= 4 is 23.2 Å². The largest absolute Gasteiger partial charge is 0.326 e. The lowest BCUT2D eigenvalue weighted by Crippen LogP contribution is -2.59. The molecule has 1 aromatic carbocycles. The number of likely N-dealkylation sites (tertiary alicyclic amines) is 1. The van der Waals surface area contributed by atoms with Crippen molar-refractivity contribution in [2.45, 2.75) is 57.5 Å². The van der Waals surface area contributed by atoms with Crippen LogP contribution in [-0.4, -0.2) is 36.6 Å². The molecule has 1 spiro atoms. The van der Waals surface area contributed by atoms with Crippen molar-refractivity contribution in [1.29, 1.82) is 0 Å². The van der Waals surface area contributed by atoms with Gasteiger partial charge in [-0.25, -0.2) is 8.78 Å². The first-order valence-corrected chi connectivity index (χ1v) is 10.9. The van der Waals surface area contributed by atoms with Gasteiger partial charge in [-0.15, -0.1) is 0 Å². The van der Waals surface area contributed by atoms with Gasteiger partial charge in [0.2, 0.25) is 5.91 Å². The summed E-state index contributed by atoms with van der Waals surface area (Å²) in [5.41, 5.74) is 0.681. The van der Waals surface area contributed by atoms with E-state index < -0.39 is 12.0 Å². The molecule has 1 saturated heterocycles. The Morgan fingerprint density at radius 2 is 1.86 bits per heavy atom. The summed E-state index contributed by atoms with van der Waals surface area (Å²) in [6, 6.07) is 4.07. The Hall–Kier alpha value is -1.20. The molecule has 3 nitrogen and oxygen atoms in total. The molecule has 1 aromatic rings. The molecular weight excluding hydrogens is 382 g/mol. The van der Waals surface area contributed by atoms with Gasteiger partial charge in [0.05, 0.1) is 0 Å². The topological polar surface area (TPSA) is 32.3 Å². The highest BCUT2D eigenvalue weighted by molar-refractivity contribution is 6.30. The van der Waals surface area contributed by atoms with Gasteiger partial charge in [-0.2, -0.15) is 0 Å². The van der Waals surface area contributed by atoms with Crippen molar-refractivity contribution in [2.24, 2.45) is 17.3 Å². The van der Waals surface area contributed by atoms with Crippen molar-refractivity contribution in [1.82, 2.24) is 4.90 Å². The first kappa shape index (κ1) is 20.1. The fourth-order valence-electron chi connectivity index (χ4n) is 5.43. The summed E-state index contributed by atoms with van der Waals surface area (Å²) in [6.07, 6.45) is 7.47. The number of hydrogen-bond acceptors (Lipinski definition) is 2. The van der Waals surface area contributed by atoms with Crippen LogP contribution in [0.3, 0.4) is 0 Å². The lowest BCUT2D eigenvalue weighted by Gasteiger charge is -2.54. The van der Waals surface area contributed by atoms with Crippen LogP contribution in [0.25, 0.3) is 0 Å². The van der Waals surface area contributed by atoms with Crippen LogP contribution in [0, 0.1) is 23.1 Å². The molecule has 3 aliphatic rings. The standard InChI is InChI=1S/C22H29ClF2N2O/c23-17-9-18(24)11-19(10-17)26-21(28)16-5-7-22(8-6-16)13-27(14-22)12-20(25)15-3-1-2-4-15/h9-11,15-16,20H,1-8,12-14H2,(H,26,28). The Balaban J connectivity index is 1.22. The van der Waals surface area contributed by atoms with E-state index in [4.69, 9.17) is 11.6 Å². The van der Waals surface area contributed by atoms with Gasteiger partial charge in [0.1, 0.15) is 12.0 Å². The number of halogens is 3. The monoisotopic (exact) mass is 410 g/mol. The van der Waals surface area contributed by atoms with Crippen molar-refractivity contribution in [2.75, 3.05) is 25.0 Å². The molecule has 0 bridgehead atoms. The third-order valence-electron chi connectivity index (χ3n) is 7.01. The minimum atomic E-state index is -0.681. The first-order chi connectivity index (χ1) is 13.4. The van der Waals surface area contributed by atoms with E-state index in [0.717, 1.165) is 51.6 Å². The molecule has 1 atom stereocenters. The number of nitrogens with zero attached hydrogens (tertiary/aromatic N) is 1. The molecule has 1 aliphatic heterocycles. The number of hydrogen-bond donors (Lipinski definition) is 1. The molecule has 4 rings (SSSR count). The number of anilines is 1. The van der Waals surface area contributed by atoms with Crippen LogP contribution >= 0.6 is 11.6 Å². The molecule has 2 saturated carbocycles. The Kier molecular flexibility index (Phi) is 5.93. The maximum Gasteiger partial charge on any atom is 0.227 e. The molecule has 6 heteroatoms. The second kappa shape index (κ2) is 8.27. The van der Waals surface area contributed by atoms with Crippen LogP contribution in [-0.2, 0) is 4.79 Å². The van der Waals surface area contributed by atoms with Crippen LogP contribution in [0.5, 0.6) is 0 Å². The van der Waals surface area contributed by atoms with E-state index in [2.05, 4.69) is 10.2 Å². The smallest absolute Gasteiger partial charge is 0.227 e. The number of amides is 1. The lowest BCUT2D eigenvalue weighted by molar-refractivity contribution is -0.123. The normalized spacial score (nSPS) is 24.2. The van der Waals surface area contributed by atoms with Crippen molar-refractivity contribution in [3.8, 4) is 0 Å². The highest BCUT2D eigenvalue weighted by atomic mass is 35.5. The van der Waals surface area contributed by atoms with Gasteiger partial charge < -0.3 is 5.32 Å². The fraction of sp³-hybridized carbons (Fsp3) is 0.682.